The van der Waals surface area contributed by atoms with Gasteiger partial charge in [-0.2, -0.15) is 5.10 Å². The minimum absolute atomic E-state index is 0.0391. The zero-order valence-corrected chi connectivity index (χ0v) is 11.6. The molecule has 0 saturated carbocycles. The molecule has 1 aliphatic rings. The number of aryl methyl sites for hydroxylation is 2. The van der Waals surface area contributed by atoms with Gasteiger partial charge in [-0.1, -0.05) is 13.8 Å². The van der Waals surface area contributed by atoms with Gasteiger partial charge in [0.1, 0.15) is 6.10 Å². The van der Waals surface area contributed by atoms with Crippen molar-refractivity contribution in [2.24, 2.45) is 5.84 Å². The van der Waals surface area contributed by atoms with Crippen LogP contribution in [0.5, 0.6) is 0 Å². The molecule has 2 heterocycles. The van der Waals surface area contributed by atoms with Crippen molar-refractivity contribution >= 4 is 5.91 Å². The second-order valence-corrected chi connectivity index (χ2v) is 4.85. The van der Waals surface area contributed by atoms with Crippen LogP contribution in [0.1, 0.15) is 38.1 Å². The molecule has 1 aromatic rings. The van der Waals surface area contributed by atoms with Gasteiger partial charge in [0.2, 0.25) is 0 Å². The van der Waals surface area contributed by atoms with Crippen molar-refractivity contribution in [2.45, 2.75) is 58.3 Å². The van der Waals surface area contributed by atoms with Crippen LogP contribution >= 0.6 is 0 Å². The summed E-state index contributed by atoms with van der Waals surface area (Å²) in [6.45, 7) is 4.92. The number of carbonyl (C=O) groups is 1. The first-order valence-corrected chi connectivity index (χ1v) is 6.89. The molecule has 3 N–H and O–H groups in total. The quantitative estimate of drug-likeness (QED) is 0.463. The summed E-state index contributed by atoms with van der Waals surface area (Å²) >= 11 is 0. The van der Waals surface area contributed by atoms with Gasteiger partial charge in [0.05, 0.1) is 18.3 Å². The fraction of sp³-hybridized carbons (Fsp3) is 0.692. The van der Waals surface area contributed by atoms with Crippen molar-refractivity contribution in [1.82, 2.24) is 15.2 Å². The summed E-state index contributed by atoms with van der Waals surface area (Å²) in [5.41, 5.74) is 4.46. The molecule has 1 amide bonds. The number of nitrogens with two attached hydrogens (primary N) is 1. The Kier molecular flexibility index (Phi) is 4.55. The van der Waals surface area contributed by atoms with Gasteiger partial charge in [-0.3, -0.25) is 14.9 Å². The van der Waals surface area contributed by atoms with E-state index in [1.165, 1.54) is 5.69 Å². The molecule has 1 aromatic heterocycles. The van der Waals surface area contributed by atoms with E-state index >= 15 is 0 Å². The maximum absolute atomic E-state index is 11.4. The molecular weight excluding hydrogens is 244 g/mol. The Labute approximate surface area is 113 Å². The number of rotatable bonds is 5. The Bertz CT molecular complexity index is 444. The van der Waals surface area contributed by atoms with E-state index in [1.54, 1.807) is 0 Å². The van der Waals surface area contributed by atoms with Crippen LogP contribution in [0, 0.1) is 0 Å². The molecule has 2 rings (SSSR count). The molecule has 2 atom stereocenters. The van der Waals surface area contributed by atoms with Crippen molar-refractivity contribution in [3.8, 4) is 0 Å². The molecule has 0 aliphatic carbocycles. The third-order valence-corrected chi connectivity index (χ3v) is 3.56. The minimum Gasteiger partial charge on any atom is -0.363 e. The highest BCUT2D eigenvalue weighted by Crippen LogP contribution is 2.22. The summed E-state index contributed by atoms with van der Waals surface area (Å²) in [5.74, 6) is 4.88. The van der Waals surface area contributed by atoms with E-state index in [1.807, 2.05) is 4.68 Å². The predicted molar refractivity (Wildman–Crippen MR) is 71.2 cm³/mol. The topological polar surface area (TPSA) is 82.2 Å². The first-order valence-electron chi connectivity index (χ1n) is 6.89. The first-order chi connectivity index (χ1) is 9.17. The van der Waals surface area contributed by atoms with Crippen molar-refractivity contribution in [3.05, 3.63) is 17.5 Å². The van der Waals surface area contributed by atoms with Crippen LogP contribution < -0.4 is 11.3 Å². The lowest BCUT2D eigenvalue weighted by Gasteiger charge is -2.14. The Hall–Kier alpha value is -1.40. The monoisotopic (exact) mass is 266 g/mol. The number of hydrazine groups is 1. The van der Waals surface area contributed by atoms with Gasteiger partial charge in [0, 0.05) is 5.69 Å². The van der Waals surface area contributed by atoms with Crippen LogP contribution in [0.25, 0.3) is 0 Å². The highest BCUT2D eigenvalue weighted by atomic mass is 16.5. The van der Waals surface area contributed by atoms with Gasteiger partial charge in [0.15, 0.2) is 0 Å². The number of amides is 1. The highest BCUT2D eigenvalue weighted by Gasteiger charge is 2.30. The van der Waals surface area contributed by atoms with Crippen LogP contribution in [-0.4, -0.2) is 27.9 Å². The number of nitrogens with one attached hydrogen (secondary N) is 1. The average molecular weight is 266 g/mol. The molecule has 0 radical (unpaired) electrons. The zero-order valence-electron chi connectivity index (χ0n) is 11.6. The number of aromatic nitrogens is 2. The van der Waals surface area contributed by atoms with E-state index in [2.05, 4.69) is 30.4 Å². The highest BCUT2D eigenvalue weighted by molar-refractivity contribution is 5.80. The van der Waals surface area contributed by atoms with Gasteiger partial charge in [-0.25, -0.2) is 5.84 Å². The fourth-order valence-corrected chi connectivity index (χ4v) is 2.45. The molecule has 0 bridgehead atoms. The van der Waals surface area contributed by atoms with E-state index in [-0.39, 0.29) is 12.0 Å². The van der Waals surface area contributed by atoms with E-state index in [9.17, 15) is 4.79 Å². The summed E-state index contributed by atoms with van der Waals surface area (Å²) < 4.78 is 7.71. The molecule has 0 aromatic carbocycles. The Morgan fingerprint density at radius 3 is 2.95 bits per heavy atom. The lowest BCUT2D eigenvalue weighted by Crippen LogP contribution is -2.39. The van der Waals surface area contributed by atoms with Crippen LogP contribution in [0.3, 0.4) is 0 Å². The predicted octanol–water partition coefficient (Wildman–Crippen LogP) is 0.545. The van der Waals surface area contributed by atoms with Crippen LogP contribution in [0.4, 0.5) is 0 Å². The Balaban J connectivity index is 1.98. The molecule has 106 valence electrons. The summed E-state index contributed by atoms with van der Waals surface area (Å²) in [4.78, 5) is 11.4. The molecule has 1 saturated heterocycles. The largest absolute Gasteiger partial charge is 0.363 e. The number of carbonyl (C=O) groups excluding carboxylic acids is 1. The van der Waals surface area contributed by atoms with Gasteiger partial charge in [-0.15, -0.1) is 0 Å². The normalized spacial score (nSPS) is 22.7. The van der Waals surface area contributed by atoms with E-state index < -0.39 is 6.10 Å². The molecule has 6 nitrogen and oxygen atoms in total. The summed E-state index contributed by atoms with van der Waals surface area (Å²) in [6.07, 6.45) is 3.09. The lowest BCUT2D eigenvalue weighted by molar-refractivity contribution is -0.132. The maximum Gasteiger partial charge on any atom is 0.263 e. The average Bonchev–Trinajstić information content (AvgIpc) is 3.05. The van der Waals surface area contributed by atoms with Crippen molar-refractivity contribution in [3.63, 3.8) is 0 Å². The third-order valence-electron chi connectivity index (χ3n) is 3.56. The summed E-state index contributed by atoms with van der Waals surface area (Å²) in [5, 5.41) is 4.56. The lowest BCUT2D eigenvalue weighted by atomic mass is 10.2. The standard InChI is InChI=1S/C13H22N4O2/c1-3-9-7-10(4-2)17(16-9)8-11-5-6-12(19-11)13(18)15-14/h7,11-12H,3-6,8,14H2,1-2H3,(H,15,18). The molecule has 2 unspecified atom stereocenters. The smallest absolute Gasteiger partial charge is 0.263 e. The van der Waals surface area contributed by atoms with Crippen LogP contribution in [0.15, 0.2) is 6.07 Å². The fourth-order valence-electron chi connectivity index (χ4n) is 2.45. The van der Waals surface area contributed by atoms with Gasteiger partial charge >= 0.3 is 0 Å². The number of nitrogens with zero attached hydrogens (tertiary/aromatic N) is 2. The molecule has 1 aliphatic heterocycles. The first kappa shape index (κ1) is 14.0. The van der Waals surface area contributed by atoms with Gasteiger partial charge in [-0.05, 0) is 31.7 Å². The van der Waals surface area contributed by atoms with Crippen LogP contribution in [0.2, 0.25) is 0 Å². The maximum atomic E-state index is 11.4. The number of hydrogen-bond acceptors (Lipinski definition) is 4. The summed E-state index contributed by atoms with van der Waals surface area (Å²) in [6, 6.07) is 2.14. The Morgan fingerprint density at radius 2 is 2.32 bits per heavy atom. The van der Waals surface area contributed by atoms with E-state index in [0.29, 0.717) is 6.54 Å². The number of hydrogen-bond donors (Lipinski definition) is 2. The third kappa shape index (κ3) is 3.13. The van der Waals surface area contributed by atoms with E-state index in [0.717, 1.165) is 31.4 Å². The minimum atomic E-state index is -0.415. The Morgan fingerprint density at radius 1 is 1.53 bits per heavy atom. The van der Waals surface area contributed by atoms with Gasteiger partial charge in [0.25, 0.3) is 5.91 Å². The summed E-state index contributed by atoms with van der Waals surface area (Å²) in [7, 11) is 0. The molecule has 0 spiro atoms. The SMILES string of the molecule is CCc1cc(CC)n(CC2CCC(C(=O)NN)O2)n1. The van der Waals surface area contributed by atoms with Gasteiger partial charge < -0.3 is 4.74 Å². The second-order valence-electron chi connectivity index (χ2n) is 4.85. The molecular formula is C13H22N4O2. The van der Waals surface area contributed by atoms with Crippen molar-refractivity contribution in [1.29, 1.82) is 0 Å². The van der Waals surface area contributed by atoms with E-state index in [4.69, 9.17) is 10.6 Å². The second kappa shape index (κ2) is 6.16. The zero-order chi connectivity index (χ0) is 13.8. The number of ether oxygens (including phenoxy) is 1. The van der Waals surface area contributed by atoms with Crippen LogP contribution in [-0.2, 0) is 28.9 Å². The van der Waals surface area contributed by atoms with Crippen molar-refractivity contribution in [2.75, 3.05) is 0 Å². The molecule has 6 heteroatoms. The molecule has 19 heavy (non-hydrogen) atoms. The molecule has 1 fully saturated rings. The van der Waals surface area contributed by atoms with Crippen molar-refractivity contribution < 1.29 is 9.53 Å².